The lowest BCUT2D eigenvalue weighted by Crippen LogP contribution is -2.33. The number of carbonyl (C=O) groups excluding carboxylic acids is 1. The predicted molar refractivity (Wildman–Crippen MR) is 116 cm³/mol. The van der Waals surface area contributed by atoms with E-state index in [0.717, 1.165) is 37.9 Å². The molecule has 0 aliphatic heterocycles. The highest BCUT2D eigenvalue weighted by Gasteiger charge is 2.21. The molecular weight excluding hydrogens is 370 g/mol. The smallest absolute Gasteiger partial charge is 0.262 e. The van der Waals surface area contributed by atoms with Crippen LogP contribution in [0, 0.1) is 0 Å². The molecule has 1 amide bonds. The highest BCUT2D eigenvalue weighted by molar-refractivity contribution is 7.99. The van der Waals surface area contributed by atoms with Crippen molar-refractivity contribution in [2.24, 2.45) is 0 Å². The molecule has 0 bridgehead atoms. The van der Waals surface area contributed by atoms with E-state index in [0.29, 0.717) is 16.1 Å². The van der Waals surface area contributed by atoms with E-state index < -0.39 is 0 Å². The molecule has 0 radical (unpaired) electrons. The Bertz CT molecular complexity index is 933. The molecule has 150 valence electrons. The first-order valence-corrected chi connectivity index (χ1v) is 11.1. The van der Waals surface area contributed by atoms with Gasteiger partial charge in [-0.05, 0) is 58.1 Å². The minimum Gasteiger partial charge on any atom is -0.316 e. The van der Waals surface area contributed by atoms with Crippen LogP contribution >= 0.6 is 11.8 Å². The summed E-state index contributed by atoms with van der Waals surface area (Å²) in [5, 5.41) is 1.23. The molecule has 0 unspecified atom stereocenters. The van der Waals surface area contributed by atoms with Crippen molar-refractivity contribution in [1.82, 2.24) is 14.5 Å². The Balaban J connectivity index is 1.85. The van der Waals surface area contributed by atoms with Gasteiger partial charge in [-0.2, -0.15) is 0 Å². The maximum Gasteiger partial charge on any atom is 0.262 e. The molecule has 28 heavy (non-hydrogen) atoms. The second kappa shape index (κ2) is 9.41. The number of hydrogen-bond donors (Lipinski definition) is 0. The SMILES string of the molecule is CCCN(C(=O)CSc1nc2ccccc2c(=O)n1C(C)C)C1=CCCCC1. The highest BCUT2D eigenvalue weighted by atomic mass is 32.2. The first kappa shape index (κ1) is 20.6. The van der Waals surface area contributed by atoms with Crippen molar-refractivity contribution in [3.05, 3.63) is 46.4 Å². The van der Waals surface area contributed by atoms with Gasteiger partial charge >= 0.3 is 0 Å². The van der Waals surface area contributed by atoms with Gasteiger partial charge in [0.1, 0.15) is 0 Å². The van der Waals surface area contributed by atoms with Gasteiger partial charge < -0.3 is 4.90 Å². The van der Waals surface area contributed by atoms with E-state index in [9.17, 15) is 9.59 Å². The first-order valence-electron chi connectivity index (χ1n) is 10.2. The summed E-state index contributed by atoms with van der Waals surface area (Å²) in [6.07, 6.45) is 7.51. The van der Waals surface area contributed by atoms with Crippen molar-refractivity contribution in [3.8, 4) is 0 Å². The van der Waals surface area contributed by atoms with Crippen LogP contribution in [0.15, 0.2) is 46.0 Å². The van der Waals surface area contributed by atoms with E-state index in [1.807, 2.05) is 43.0 Å². The third-order valence-electron chi connectivity index (χ3n) is 4.98. The van der Waals surface area contributed by atoms with Crippen molar-refractivity contribution < 1.29 is 4.79 Å². The van der Waals surface area contributed by atoms with Crippen molar-refractivity contribution in [1.29, 1.82) is 0 Å². The summed E-state index contributed by atoms with van der Waals surface area (Å²) >= 11 is 1.36. The number of benzene rings is 1. The monoisotopic (exact) mass is 399 g/mol. The van der Waals surface area contributed by atoms with Crippen molar-refractivity contribution in [2.45, 2.75) is 64.1 Å². The summed E-state index contributed by atoms with van der Waals surface area (Å²) < 4.78 is 1.70. The van der Waals surface area contributed by atoms with Gasteiger partial charge in [-0.3, -0.25) is 14.2 Å². The predicted octanol–water partition coefficient (Wildman–Crippen LogP) is 4.77. The largest absolute Gasteiger partial charge is 0.316 e. The standard InChI is InChI=1S/C22H29N3O2S/c1-4-14-24(17-10-6-5-7-11-17)20(26)15-28-22-23-19-13-9-8-12-18(19)21(27)25(22)16(2)3/h8-10,12-13,16H,4-7,11,14-15H2,1-3H3. The molecule has 0 atom stereocenters. The number of aromatic nitrogens is 2. The summed E-state index contributed by atoms with van der Waals surface area (Å²) in [6.45, 7) is 6.78. The zero-order valence-corrected chi connectivity index (χ0v) is 17.8. The Morgan fingerprint density at radius 1 is 1.29 bits per heavy atom. The second-order valence-electron chi connectivity index (χ2n) is 7.46. The summed E-state index contributed by atoms with van der Waals surface area (Å²) in [4.78, 5) is 32.5. The number of rotatable bonds is 7. The van der Waals surface area contributed by atoms with Crippen molar-refractivity contribution in [3.63, 3.8) is 0 Å². The molecule has 0 spiro atoms. The molecule has 0 saturated carbocycles. The summed E-state index contributed by atoms with van der Waals surface area (Å²) in [5.41, 5.74) is 1.79. The zero-order valence-electron chi connectivity index (χ0n) is 17.0. The summed E-state index contributed by atoms with van der Waals surface area (Å²) in [6, 6.07) is 7.38. The lowest BCUT2D eigenvalue weighted by Gasteiger charge is -2.27. The van der Waals surface area contributed by atoms with E-state index in [4.69, 9.17) is 0 Å². The Labute approximate surface area is 170 Å². The van der Waals surface area contributed by atoms with Gasteiger partial charge in [0.25, 0.3) is 5.56 Å². The molecule has 1 heterocycles. The molecule has 1 aliphatic rings. The van der Waals surface area contributed by atoms with E-state index in [1.54, 1.807) is 4.57 Å². The van der Waals surface area contributed by atoms with Gasteiger partial charge in [-0.15, -0.1) is 0 Å². The van der Waals surface area contributed by atoms with Crippen LogP contribution in [-0.4, -0.2) is 32.7 Å². The van der Waals surface area contributed by atoms with Gasteiger partial charge in [0.2, 0.25) is 5.91 Å². The minimum atomic E-state index is -0.0454. The maximum absolute atomic E-state index is 13.0. The van der Waals surface area contributed by atoms with E-state index in [-0.39, 0.29) is 23.3 Å². The second-order valence-corrected chi connectivity index (χ2v) is 8.40. The van der Waals surface area contributed by atoms with E-state index >= 15 is 0 Å². The van der Waals surface area contributed by atoms with Gasteiger partial charge in [0.15, 0.2) is 5.16 Å². The minimum absolute atomic E-state index is 0.0185. The van der Waals surface area contributed by atoms with E-state index in [1.165, 1.54) is 18.2 Å². The Morgan fingerprint density at radius 2 is 2.07 bits per heavy atom. The molecule has 1 aromatic carbocycles. The highest BCUT2D eigenvalue weighted by Crippen LogP contribution is 2.25. The fraction of sp³-hybridized carbons (Fsp3) is 0.500. The summed E-state index contributed by atoms with van der Waals surface area (Å²) in [5.74, 6) is 0.382. The molecule has 0 N–H and O–H groups in total. The van der Waals surface area contributed by atoms with Gasteiger partial charge in [-0.25, -0.2) is 4.98 Å². The molecule has 3 rings (SSSR count). The number of thioether (sulfide) groups is 1. The molecule has 5 nitrogen and oxygen atoms in total. The van der Waals surface area contributed by atoms with Crippen LogP contribution in [0.25, 0.3) is 10.9 Å². The average molecular weight is 400 g/mol. The van der Waals surface area contributed by atoms with Crippen LogP contribution in [0.2, 0.25) is 0 Å². The van der Waals surface area contributed by atoms with Crippen molar-refractivity contribution >= 4 is 28.6 Å². The number of para-hydroxylation sites is 1. The maximum atomic E-state index is 13.0. The molecule has 1 aliphatic carbocycles. The Kier molecular flexibility index (Phi) is 6.94. The van der Waals surface area contributed by atoms with Crippen LogP contribution in [0.1, 0.15) is 58.9 Å². The Morgan fingerprint density at radius 3 is 2.75 bits per heavy atom. The topological polar surface area (TPSA) is 55.2 Å². The van der Waals surface area contributed by atoms with Crippen LogP contribution in [-0.2, 0) is 4.79 Å². The van der Waals surface area contributed by atoms with Gasteiger partial charge in [0, 0.05) is 18.3 Å². The molecule has 0 fully saturated rings. The normalized spacial score (nSPS) is 14.4. The van der Waals surface area contributed by atoms with Crippen LogP contribution in [0.5, 0.6) is 0 Å². The molecule has 1 aromatic heterocycles. The number of allylic oxidation sites excluding steroid dienone is 2. The quantitative estimate of drug-likeness (QED) is 0.497. The zero-order chi connectivity index (χ0) is 20.1. The van der Waals surface area contributed by atoms with Gasteiger partial charge in [0.05, 0.1) is 16.7 Å². The number of nitrogens with zero attached hydrogens (tertiary/aromatic N) is 3. The third kappa shape index (κ3) is 4.49. The average Bonchev–Trinajstić information content (AvgIpc) is 2.70. The number of fused-ring (bicyclic) bond motifs is 1. The number of carbonyl (C=O) groups is 1. The molecule has 0 saturated heterocycles. The fourth-order valence-electron chi connectivity index (χ4n) is 3.61. The first-order chi connectivity index (χ1) is 13.5. The Hall–Kier alpha value is -2.08. The third-order valence-corrected chi connectivity index (χ3v) is 5.92. The van der Waals surface area contributed by atoms with Gasteiger partial charge in [-0.1, -0.05) is 36.9 Å². The molecular formula is C22H29N3O2S. The lowest BCUT2D eigenvalue weighted by molar-refractivity contribution is -0.126. The molecule has 6 heteroatoms. The van der Waals surface area contributed by atoms with Crippen molar-refractivity contribution in [2.75, 3.05) is 12.3 Å². The summed E-state index contributed by atoms with van der Waals surface area (Å²) in [7, 11) is 0. The number of amides is 1. The number of hydrogen-bond acceptors (Lipinski definition) is 4. The van der Waals surface area contributed by atoms with Crippen LogP contribution in [0.4, 0.5) is 0 Å². The van der Waals surface area contributed by atoms with Crippen LogP contribution in [0.3, 0.4) is 0 Å². The van der Waals surface area contributed by atoms with E-state index in [2.05, 4.69) is 18.0 Å². The van der Waals surface area contributed by atoms with Crippen LogP contribution < -0.4 is 5.56 Å². The molecule has 2 aromatic rings. The lowest BCUT2D eigenvalue weighted by atomic mass is 10.0. The fourth-order valence-corrected chi connectivity index (χ4v) is 4.61.